The molecule has 0 fully saturated rings. The van der Waals surface area contributed by atoms with E-state index in [0.717, 1.165) is 12.8 Å². The average molecular weight is 401 g/mol. The SMILES string of the molecule is CCCCOC(=O)/C(C#N)=C/c1cc(I)c(O)c(OC)c1. The third kappa shape index (κ3) is 4.93. The molecule has 0 aromatic heterocycles. The lowest BCUT2D eigenvalue weighted by atomic mass is 10.1. The van der Waals surface area contributed by atoms with Crippen LogP contribution in [0.2, 0.25) is 0 Å². The van der Waals surface area contributed by atoms with E-state index in [2.05, 4.69) is 0 Å². The number of aromatic hydroxyl groups is 1. The van der Waals surface area contributed by atoms with Crippen molar-refractivity contribution in [2.75, 3.05) is 13.7 Å². The Labute approximate surface area is 137 Å². The molecule has 0 atom stereocenters. The summed E-state index contributed by atoms with van der Waals surface area (Å²) in [6.45, 7) is 2.28. The van der Waals surface area contributed by atoms with Crippen LogP contribution in [0.1, 0.15) is 25.3 Å². The van der Waals surface area contributed by atoms with Crippen molar-refractivity contribution in [3.63, 3.8) is 0 Å². The number of hydrogen-bond donors (Lipinski definition) is 1. The lowest BCUT2D eigenvalue weighted by Gasteiger charge is -2.07. The molecule has 1 aromatic carbocycles. The van der Waals surface area contributed by atoms with Gasteiger partial charge in [0.1, 0.15) is 11.6 Å². The average Bonchev–Trinajstić information content (AvgIpc) is 2.48. The van der Waals surface area contributed by atoms with E-state index < -0.39 is 5.97 Å². The molecule has 1 aromatic rings. The number of rotatable bonds is 6. The van der Waals surface area contributed by atoms with Crippen molar-refractivity contribution in [2.24, 2.45) is 0 Å². The second kappa shape index (κ2) is 8.52. The Hall–Kier alpha value is -1.75. The highest BCUT2D eigenvalue weighted by Crippen LogP contribution is 2.33. The first-order chi connectivity index (χ1) is 10.0. The Morgan fingerprint density at radius 3 is 2.81 bits per heavy atom. The fraction of sp³-hybridized carbons (Fsp3) is 0.333. The number of hydrogen-bond acceptors (Lipinski definition) is 5. The van der Waals surface area contributed by atoms with Crippen LogP contribution in [0.5, 0.6) is 11.5 Å². The number of halogens is 1. The summed E-state index contributed by atoms with van der Waals surface area (Å²) in [6.07, 6.45) is 3.08. The summed E-state index contributed by atoms with van der Waals surface area (Å²) in [6, 6.07) is 5.03. The molecular weight excluding hydrogens is 385 g/mol. The first-order valence-corrected chi connectivity index (χ1v) is 7.46. The molecule has 112 valence electrons. The Morgan fingerprint density at radius 1 is 1.52 bits per heavy atom. The predicted octanol–water partition coefficient (Wildman–Crippen LogP) is 3.26. The maximum atomic E-state index is 11.8. The van der Waals surface area contributed by atoms with Crippen LogP contribution in [0.15, 0.2) is 17.7 Å². The second-order valence-corrected chi connectivity index (χ2v) is 5.38. The zero-order valence-corrected chi connectivity index (χ0v) is 14.0. The molecule has 0 radical (unpaired) electrons. The van der Waals surface area contributed by atoms with E-state index in [1.807, 2.05) is 35.6 Å². The van der Waals surface area contributed by atoms with Gasteiger partial charge in [-0.25, -0.2) is 4.79 Å². The number of carbonyl (C=O) groups is 1. The van der Waals surface area contributed by atoms with Gasteiger partial charge >= 0.3 is 5.97 Å². The minimum absolute atomic E-state index is 0.0271. The highest BCUT2D eigenvalue weighted by Gasteiger charge is 2.13. The summed E-state index contributed by atoms with van der Waals surface area (Å²) in [5, 5.41) is 18.8. The lowest BCUT2D eigenvalue weighted by Crippen LogP contribution is -2.07. The van der Waals surface area contributed by atoms with Gasteiger partial charge in [-0.2, -0.15) is 5.26 Å². The lowest BCUT2D eigenvalue weighted by molar-refractivity contribution is -0.138. The number of esters is 1. The zero-order chi connectivity index (χ0) is 15.8. The summed E-state index contributed by atoms with van der Waals surface area (Å²) in [5.41, 5.74) is 0.493. The molecule has 0 aliphatic rings. The molecule has 0 aliphatic carbocycles. The molecule has 6 heteroatoms. The van der Waals surface area contributed by atoms with Crippen LogP contribution >= 0.6 is 22.6 Å². The van der Waals surface area contributed by atoms with E-state index in [4.69, 9.17) is 14.7 Å². The first kappa shape index (κ1) is 17.3. The summed E-state index contributed by atoms with van der Waals surface area (Å²) in [5.74, 6) is -0.336. The fourth-order valence-electron chi connectivity index (χ4n) is 1.52. The molecule has 1 rings (SSSR count). The normalized spacial score (nSPS) is 10.9. The molecule has 0 spiro atoms. The summed E-state index contributed by atoms with van der Waals surface area (Å²) >= 11 is 1.94. The Bertz CT molecular complexity index is 590. The standard InChI is InChI=1S/C15H16INO4/c1-3-4-5-21-15(19)11(9-17)6-10-7-12(16)14(18)13(8-10)20-2/h6-8,18H,3-5H2,1-2H3/b11-6+. The van der Waals surface area contributed by atoms with Gasteiger partial charge in [0.25, 0.3) is 0 Å². The number of phenols is 1. The van der Waals surface area contributed by atoms with Gasteiger partial charge in [0, 0.05) is 0 Å². The quantitative estimate of drug-likeness (QED) is 0.260. The van der Waals surface area contributed by atoms with E-state index >= 15 is 0 Å². The van der Waals surface area contributed by atoms with Crippen LogP contribution in [0.4, 0.5) is 0 Å². The fourth-order valence-corrected chi connectivity index (χ4v) is 2.15. The largest absolute Gasteiger partial charge is 0.504 e. The van der Waals surface area contributed by atoms with Gasteiger partial charge in [-0.1, -0.05) is 13.3 Å². The maximum absolute atomic E-state index is 11.8. The number of nitrogens with zero attached hydrogens (tertiary/aromatic N) is 1. The van der Waals surface area contributed by atoms with Crippen LogP contribution in [0.25, 0.3) is 6.08 Å². The summed E-state index contributed by atoms with van der Waals surface area (Å²) in [4.78, 5) is 11.8. The van der Waals surface area contributed by atoms with Gasteiger partial charge < -0.3 is 14.6 Å². The third-order valence-corrected chi connectivity index (χ3v) is 3.48. The van der Waals surface area contributed by atoms with Gasteiger partial charge in [-0.05, 0) is 52.8 Å². The van der Waals surface area contributed by atoms with Crippen LogP contribution < -0.4 is 4.74 Å². The molecule has 0 amide bonds. The second-order valence-electron chi connectivity index (χ2n) is 4.21. The molecule has 0 bridgehead atoms. The molecule has 0 aliphatic heterocycles. The molecule has 1 N–H and O–H groups in total. The number of ether oxygens (including phenoxy) is 2. The number of carbonyl (C=O) groups excluding carboxylic acids is 1. The minimum Gasteiger partial charge on any atom is -0.504 e. The molecule has 0 saturated carbocycles. The Morgan fingerprint density at radius 2 is 2.24 bits per heavy atom. The number of phenolic OH excluding ortho intramolecular Hbond substituents is 1. The maximum Gasteiger partial charge on any atom is 0.348 e. The molecule has 21 heavy (non-hydrogen) atoms. The summed E-state index contributed by atoms with van der Waals surface area (Å²) in [7, 11) is 1.43. The van der Waals surface area contributed by atoms with Crippen LogP contribution in [0.3, 0.4) is 0 Å². The van der Waals surface area contributed by atoms with Gasteiger partial charge in [0.2, 0.25) is 0 Å². The van der Waals surface area contributed by atoms with E-state index in [1.54, 1.807) is 12.1 Å². The number of benzene rings is 1. The topological polar surface area (TPSA) is 79.6 Å². The van der Waals surface area contributed by atoms with Crippen molar-refractivity contribution in [1.29, 1.82) is 5.26 Å². The van der Waals surface area contributed by atoms with E-state index in [0.29, 0.717) is 15.7 Å². The molecule has 0 saturated heterocycles. The monoisotopic (exact) mass is 401 g/mol. The van der Waals surface area contributed by atoms with Crippen molar-refractivity contribution in [1.82, 2.24) is 0 Å². The molecule has 0 heterocycles. The molecule has 0 unspecified atom stereocenters. The van der Waals surface area contributed by atoms with E-state index in [1.165, 1.54) is 13.2 Å². The highest BCUT2D eigenvalue weighted by atomic mass is 127. The highest BCUT2D eigenvalue weighted by molar-refractivity contribution is 14.1. The van der Waals surface area contributed by atoms with Crippen molar-refractivity contribution in [2.45, 2.75) is 19.8 Å². The van der Waals surface area contributed by atoms with Crippen molar-refractivity contribution in [3.05, 3.63) is 26.8 Å². The predicted molar refractivity (Wildman–Crippen MR) is 86.8 cm³/mol. The van der Waals surface area contributed by atoms with Crippen LogP contribution in [-0.2, 0) is 9.53 Å². The summed E-state index contributed by atoms with van der Waals surface area (Å²) < 4.78 is 10.6. The van der Waals surface area contributed by atoms with E-state index in [9.17, 15) is 9.90 Å². The first-order valence-electron chi connectivity index (χ1n) is 6.38. The number of nitriles is 1. The Balaban J connectivity index is 3.01. The van der Waals surface area contributed by atoms with Gasteiger partial charge in [0.15, 0.2) is 11.5 Å². The van der Waals surface area contributed by atoms with Gasteiger partial charge in [-0.15, -0.1) is 0 Å². The molecule has 5 nitrogen and oxygen atoms in total. The van der Waals surface area contributed by atoms with E-state index in [-0.39, 0.29) is 17.1 Å². The third-order valence-electron chi connectivity index (χ3n) is 2.65. The number of unbranched alkanes of at least 4 members (excludes halogenated alkanes) is 1. The Kier molecular flexibility index (Phi) is 7.02. The minimum atomic E-state index is -0.645. The van der Waals surface area contributed by atoms with Crippen molar-refractivity contribution in [3.8, 4) is 17.6 Å². The zero-order valence-electron chi connectivity index (χ0n) is 11.9. The number of methoxy groups -OCH3 is 1. The van der Waals surface area contributed by atoms with Gasteiger partial charge in [0.05, 0.1) is 17.3 Å². The van der Waals surface area contributed by atoms with Crippen LogP contribution in [0, 0.1) is 14.9 Å². The van der Waals surface area contributed by atoms with Crippen molar-refractivity contribution >= 4 is 34.6 Å². The van der Waals surface area contributed by atoms with Crippen LogP contribution in [-0.4, -0.2) is 24.8 Å². The van der Waals surface area contributed by atoms with Gasteiger partial charge in [-0.3, -0.25) is 0 Å². The molecular formula is C15H16INO4. The smallest absolute Gasteiger partial charge is 0.348 e. The van der Waals surface area contributed by atoms with Crippen molar-refractivity contribution < 1.29 is 19.4 Å².